The molecule has 0 amide bonds. The van der Waals surface area contributed by atoms with Gasteiger partial charge in [0.1, 0.15) is 0 Å². The Morgan fingerprint density at radius 2 is 1.06 bits per heavy atom. The van der Waals surface area contributed by atoms with Gasteiger partial charge in [0.05, 0.1) is 0 Å². The van der Waals surface area contributed by atoms with E-state index in [1.165, 1.54) is 64.2 Å². The highest BCUT2D eigenvalue weighted by molar-refractivity contribution is 7.79. The summed E-state index contributed by atoms with van der Waals surface area (Å²) in [5, 5.41) is 0. The third kappa shape index (κ3) is 36.0. The van der Waals surface area contributed by atoms with Crippen LogP contribution in [0.15, 0.2) is 0 Å². The highest BCUT2D eigenvalue weighted by Gasteiger charge is 1.91. The first kappa shape index (κ1) is 20.2. The average Bonchev–Trinajstić information content (AvgIpc) is 2.25. The van der Waals surface area contributed by atoms with Crippen LogP contribution >= 0.6 is 0 Å². The predicted octanol–water partition coefficient (Wildman–Crippen LogP) is 2.53. The van der Waals surface area contributed by atoms with Crippen LogP contribution in [-0.2, 0) is 10.4 Å². The molecule has 18 heavy (non-hydrogen) atoms. The summed E-state index contributed by atoms with van der Waals surface area (Å²) in [6.07, 6.45) is 13.9. The second-order valence-corrected chi connectivity index (χ2v) is 5.20. The molecule has 0 aromatic carbocycles. The number of hydrogen-bond donors (Lipinski definition) is 1. The summed E-state index contributed by atoms with van der Waals surface area (Å²) < 4.78 is 34.1. The van der Waals surface area contributed by atoms with E-state index in [9.17, 15) is 0 Å². The molecule has 0 aliphatic carbocycles. The van der Waals surface area contributed by atoms with Gasteiger partial charge >= 0.3 is 0 Å². The van der Waals surface area contributed by atoms with Crippen molar-refractivity contribution in [3.8, 4) is 0 Å². The topological polar surface area (TPSA) is 106 Å². The van der Waals surface area contributed by atoms with E-state index in [1.807, 2.05) is 0 Å². The van der Waals surface area contributed by atoms with Crippen LogP contribution in [0.3, 0.4) is 0 Å². The monoisotopic (exact) mass is 281 g/mol. The lowest BCUT2D eigenvalue weighted by Gasteiger charge is -2.06. The van der Waals surface area contributed by atoms with Crippen molar-refractivity contribution >= 4 is 10.4 Å². The van der Waals surface area contributed by atoms with Crippen molar-refractivity contribution in [1.29, 1.82) is 0 Å². The molecule has 0 aromatic heterocycles. The first-order chi connectivity index (χ1) is 8.41. The van der Waals surface area contributed by atoms with Crippen LogP contribution < -0.4 is 5.73 Å². The van der Waals surface area contributed by atoms with Crippen LogP contribution in [0, 0.1) is 0 Å². The van der Waals surface area contributed by atoms with E-state index in [-0.39, 0.29) is 0 Å². The lowest BCUT2D eigenvalue weighted by molar-refractivity contribution is 0.352. The van der Waals surface area contributed by atoms with Crippen LogP contribution in [0.4, 0.5) is 0 Å². The van der Waals surface area contributed by atoms with Gasteiger partial charge in [0.15, 0.2) is 0 Å². The second kappa shape index (κ2) is 14.9. The van der Waals surface area contributed by atoms with Gasteiger partial charge in [0, 0.05) is 10.4 Å². The molecule has 5 nitrogen and oxygen atoms in total. The van der Waals surface area contributed by atoms with Crippen molar-refractivity contribution in [1.82, 2.24) is 0 Å². The molecule has 2 N–H and O–H groups in total. The molecule has 0 heterocycles. The highest BCUT2D eigenvalue weighted by atomic mass is 32.3. The fraction of sp³-hybridized carbons (Fsp3) is 1.00. The van der Waals surface area contributed by atoms with Crippen LogP contribution in [0.5, 0.6) is 0 Å². The summed E-state index contributed by atoms with van der Waals surface area (Å²) in [5.41, 5.74) is 5.42. The second-order valence-electron chi connectivity index (χ2n) is 4.38. The molecule has 0 spiro atoms. The molecule has 0 aliphatic rings. The zero-order valence-corrected chi connectivity index (χ0v) is 12.2. The molecule has 0 saturated heterocycles. The van der Waals surface area contributed by atoms with Gasteiger partial charge in [-0.25, -0.2) is 0 Å². The Morgan fingerprint density at radius 3 is 1.33 bits per heavy atom. The van der Waals surface area contributed by atoms with Crippen LogP contribution in [0.1, 0.15) is 71.1 Å². The maximum absolute atomic E-state index is 8.52. The van der Waals surface area contributed by atoms with Crippen molar-refractivity contribution in [2.75, 3.05) is 6.54 Å². The fourth-order valence-corrected chi connectivity index (χ4v) is 1.63. The van der Waals surface area contributed by atoms with Gasteiger partial charge in [0.2, 0.25) is 0 Å². The summed E-state index contributed by atoms with van der Waals surface area (Å²) in [6, 6.07) is 0. The van der Waals surface area contributed by atoms with Gasteiger partial charge in [-0.2, -0.15) is 0 Å². The summed E-state index contributed by atoms with van der Waals surface area (Å²) in [6.45, 7) is 3.14. The summed E-state index contributed by atoms with van der Waals surface area (Å²) in [4.78, 5) is 0. The molecule has 0 saturated carbocycles. The minimum absolute atomic E-state index is 0.872. The molecule has 0 aromatic rings. The van der Waals surface area contributed by atoms with E-state index < -0.39 is 10.4 Å². The molecular formula is C12H27NO4S-2. The Kier molecular flexibility index (Phi) is 16.7. The highest BCUT2D eigenvalue weighted by Crippen LogP contribution is 2.09. The molecule has 6 heteroatoms. The third-order valence-electron chi connectivity index (χ3n) is 2.56. The Bertz CT molecular complexity index is 224. The quantitative estimate of drug-likeness (QED) is 0.376. The number of rotatable bonds is 10. The third-order valence-corrected chi connectivity index (χ3v) is 2.56. The standard InChI is InChI=1S/C12H27N.H2O4S/c1-2-3-4-5-6-7-8-9-10-11-12-13;1-5(2,3)4/h2-13H2,1H3;(H2,1,2,3,4)/p-2. The number of hydrogen-bond acceptors (Lipinski definition) is 5. The van der Waals surface area contributed by atoms with Gasteiger partial charge in [-0.1, -0.05) is 64.7 Å². The maximum Gasteiger partial charge on any atom is 0.0311 e. The fourth-order valence-electron chi connectivity index (χ4n) is 1.63. The molecule has 0 radical (unpaired) electrons. The number of nitrogens with two attached hydrogens (primary N) is 1. The van der Waals surface area contributed by atoms with Crippen molar-refractivity contribution in [3.63, 3.8) is 0 Å². The van der Waals surface area contributed by atoms with E-state index in [0.29, 0.717) is 0 Å². The molecule has 0 unspecified atom stereocenters. The van der Waals surface area contributed by atoms with Gasteiger partial charge in [-0.3, -0.25) is 8.42 Å². The molecule has 0 fully saturated rings. The Morgan fingerprint density at radius 1 is 0.778 bits per heavy atom. The predicted molar refractivity (Wildman–Crippen MR) is 71.4 cm³/mol. The molecule has 0 rings (SSSR count). The van der Waals surface area contributed by atoms with E-state index >= 15 is 0 Å². The summed E-state index contributed by atoms with van der Waals surface area (Å²) in [5.74, 6) is 0. The molecule has 0 bridgehead atoms. The lowest BCUT2D eigenvalue weighted by Crippen LogP contribution is -1.97. The molecule has 112 valence electrons. The van der Waals surface area contributed by atoms with Gasteiger partial charge in [-0.05, 0) is 13.0 Å². The van der Waals surface area contributed by atoms with Crippen molar-refractivity contribution < 1.29 is 17.5 Å². The van der Waals surface area contributed by atoms with E-state index in [2.05, 4.69) is 6.92 Å². The zero-order chi connectivity index (χ0) is 14.3. The molecule has 0 aliphatic heterocycles. The minimum Gasteiger partial charge on any atom is -0.759 e. The summed E-state index contributed by atoms with van der Waals surface area (Å²) >= 11 is 0. The zero-order valence-electron chi connectivity index (χ0n) is 11.4. The van der Waals surface area contributed by atoms with Crippen molar-refractivity contribution in [2.45, 2.75) is 71.1 Å². The average molecular weight is 281 g/mol. The van der Waals surface area contributed by atoms with Gasteiger partial charge < -0.3 is 14.8 Å². The molecule has 0 atom stereocenters. The maximum atomic E-state index is 8.52. The normalized spacial score (nSPS) is 10.9. The van der Waals surface area contributed by atoms with Crippen molar-refractivity contribution in [2.24, 2.45) is 5.73 Å². The van der Waals surface area contributed by atoms with Crippen molar-refractivity contribution in [3.05, 3.63) is 0 Å². The van der Waals surface area contributed by atoms with Crippen LogP contribution in [0.2, 0.25) is 0 Å². The van der Waals surface area contributed by atoms with Gasteiger partial charge in [-0.15, -0.1) is 0 Å². The lowest BCUT2D eigenvalue weighted by atomic mass is 10.1. The Balaban J connectivity index is 0. The first-order valence-electron chi connectivity index (χ1n) is 6.78. The van der Waals surface area contributed by atoms with E-state index in [4.69, 9.17) is 23.3 Å². The largest absolute Gasteiger partial charge is 0.759 e. The van der Waals surface area contributed by atoms with E-state index in [1.54, 1.807) is 0 Å². The van der Waals surface area contributed by atoms with E-state index in [0.717, 1.165) is 6.54 Å². The van der Waals surface area contributed by atoms with Gasteiger partial charge in [0.25, 0.3) is 0 Å². The molecular weight excluding hydrogens is 254 g/mol. The first-order valence-corrected chi connectivity index (χ1v) is 8.12. The summed E-state index contributed by atoms with van der Waals surface area (Å²) in [7, 11) is -5.17. The smallest absolute Gasteiger partial charge is 0.0311 e. The number of unbranched alkanes of at least 4 members (excludes halogenated alkanes) is 9. The SMILES string of the molecule is CCCCCCCCCCCCN.O=S(=O)([O-])[O-]. The Hall–Kier alpha value is -0.170. The van der Waals surface area contributed by atoms with Crippen LogP contribution in [0.25, 0.3) is 0 Å². The minimum atomic E-state index is -5.17. The van der Waals surface area contributed by atoms with Crippen LogP contribution in [-0.4, -0.2) is 24.1 Å². The Labute approximate surface area is 112 Å².